The highest BCUT2D eigenvalue weighted by Crippen LogP contribution is 2.53. The zero-order chi connectivity index (χ0) is 44.8. The molecule has 14 heteroatoms. The molecule has 64 heavy (non-hydrogen) atoms. The van der Waals surface area contributed by atoms with E-state index in [4.69, 9.17) is 42.1 Å². The van der Waals surface area contributed by atoms with Crippen molar-refractivity contribution in [2.75, 3.05) is 13.2 Å². The zero-order valence-electron chi connectivity index (χ0n) is 35.4. The van der Waals surface area contributed by atoms with Gasteiger partial charge >= 0.3 is 0 Å². The van der Waals surface area contributed by atoms with Gasteiger partial charge in [0.25, 0.3) is 0 Å². The van der Waals surface area contributed by atoms with E-state index in [0.29, 0.717) is 46.2 Å². The molecular weight excluding hydrogens is 863 g/mol. The van der Waals surface area contributed by atoms with Crippen LogP contribution in [0.15, 0.2) is 84.9 Å². The van der Waals surface area contributed by atoms with Gasteiger partial charge < -0.3 is 59.8 Å². The van der Waals surface area contributed by atoms with Crippen LogP contribution in [0.25, 0.3) is 0 Å². The van der Waals surface area contributed by atoms with Crippen LogP contribution in [-0.2, 0) is 22.3 Å². The van der Waals surface area contributed by atoms with Crippen LogP contribution >= 0.6 is 23.2 Å². The fourth-order valence-electron chi connectivity index (χ4n) is 10.3. The number of rotatable bonds is 12. The Balaban J connectivity index is 0.000000162. The van der Waals surface area contributed by atoms with Gasteiger partial charge in [-0.15, -0.1) is 0 Å². The summed E-state index contributed by atoms with van der Waals surface area (Å²) in [6.07, 6.45) is -2.59. The van der Waals surface area contributed by atoms with Crippen molar-refractivity contribution in [2.24, 2.45) is 23.7 Å². The fraction of sp³-hybridized carbons (Fsp3) is 0.520. The molecule has 0 spiro atoms. The summed E-state index contributed by atoms with van der Waals surface area (Å²) >= 11 is 12.9. The average molecular weight is 922 g/mol. The second-order valence-corrected chi connectivity index (χ2v) is 19.6. The van der Waals surface area contributed by atoms with Gasteiger partial charge in [-0.1, -0.05) is 71.7 Å². The molecule has 10 rings (SSSR count). The van der Waals surface area contributed by atoms with E-state index in [1.54, 1.807) is 24.3 Å². The van der Waals surface area contributed by atoms with Crippen LogP contribution in [0.3, 0.4) is 0 Å². The van der Waals surface area contributed by atoms with Crippen LogP contribution in [0, 0.1) is 23.7 Å². The molecular formula is C50H58Cl2O12. The first kappa shape index (κ1) is 45.8. The van der Waals surface area contributed by atoms with E-state index in [-0.39, 0.29) is 0 Å². The molecule has 12 nitrogen and oxygen atoms in total. The summed E-state index contributed by atoms with van der Waals surface area (Å²) in [4.78, 5) is 0. The molecule has 344 valence electrons. The van der Waals surface area contributed by atoms with Crippen LogP contribution in [0.2, 0.25) is 10.0 Å². The smallest absolute Gasteiger partial charge is 0.119 e. The molecule has 0 radical (unpaired) electrons. The Labute approximate surface area is 382 Å². The molecule has 0 aromatic heterocycles. The Morgan fingerprint density at radius 1 is 0.453 bits per heavy atom. The van der Waals surface area contributed by atoms with Gasteiger partial charge in [-0.05, 0) is 145 Å². The Kier molecular flexibility index (Phi) is 13.9. The van der Waals surface area contributed by atoms with Gasteiger partial charge in [0.05, 0.1) is 25.4 Å². The number of fused-ring (bicyclic) bond motifs is 2. The molecule has 16 atom stereocenters. The van der Waals surface area contributed by atoms with Gasteiger partial charge in [0.15, 0.2) is 0 Å². The summed E-state index contributed by atoms with van der Waals surface area (Å²) in [7, 11) is 0. The normalized spacial score (nSPS) is 36.0. The molecule has 2 saturated heterocycles. The molecule has 6 aliphatic rings. The van der Waals surface area contributed by atoms with Crippen LogP contribution in [0.5, 0.6) is 11.5 Å². The standard InChI is InChI=1S/2C25H29ClO6/c2*26-20-6-3-14(25-24(30)23(29)22(28)21(12-27)32-25)8-17(20)7-13-1-4-18(5-2-13)31-19-10-15-9-16(15)11-19/h2*1-6,8,15-16,19,21-25,27-30H,7,9-12H2/t2*15-,16+,19?,21-,22-,23+,24-,25+/m11/s1. The first-order valence-electron chi connectivity index (χ1n) is 22.5. The molecule has 0 bridgehead atoms. The average Bonchev–Trinajstić information content (AvgIpc) is 4.14. The second kappa shape index (κ2) is 19.5. The number of ether oxygens (including phenoxy) is 4. The van der Waals surface area contributed by atoms with Crippen molar-refractivity contribution in [3.63, 3.8) is 0 Å². The third-order valence-electron chi connectivity index (χ3n) is 14.2. The number of hydrogen-bond donors (Lipinski definition) is 8. The van der Waals surface area contributed by atoms with Crippen molar-refractivity contribution in [1.82, 2.24) is 0 Å². The lowest BCUT2D eigenvalue weighted by Crippen LogP contribution is -2.55. The van der Waals surface area contributed by atoms with Gasteiger partial charge in [0, 0.05) is 10.0 Å². The van der Waals surface area contributed by atoms with E-state index in [0.717, 1.165) is 57.4 Å². The molecule has 4 aromatic rings. The number of aliphatic hydroxyl groups excluding tert-OH is 8. The van der Waals surface area contributed by atoms with E-state index in [1.807, 2.05) is 60.7 Å². The van der Waals surface area contributed by atoms with Gasteiger partial charge in [-0.3, -0.25) is 0 Å². The van der Waals surface area contributed by atoms with Crippen molar-refractivity contribution in [1.29, 1.82) is 0 Å². The topological polar surface area (TPSA) is 199 Å². The lowest BCUT2D eigenvalue weighted by molar-refractivity contribution is -0.231. The number of hydrogen-bond acceptors (Lipinski definition) is 12. The van der Waals surface area contributed by atoms with Crippen molar-refractivity contribution >= 4 is 23.2 Å². The van der Waals surface area contributed by atoms with Gasteiger partial charge in [0.1, 0.15) is 72.5 Å². The van der Waals surface area contributed by atoms with Crippen LogP contribution in [0.1, 0.15) is 84.1 Å². The fourth-order valence-corrected chi connectivity index (χ4v) is 10.6. The van der Waals surface area contributed by atoms with Crippen molar-refractivity contribution in [3.05, 3.63) is 128 Å². The SMILES string of the molecule is OC[C@H]1O[C@@H](c2ccc(Cl)c(Cc3ccc(OC4C[C@@H]5C[C@@H]5C4)cc3)c2)[C@H](O)[C@@H](O)[C@@H]1O.OC[C@H]1O[C@@H](c2ccc(Cl)c(Cc3ccc(OC4C[C@@H]5C[C@@H]5C4)cc3)c2)[C@H](O)[C@@H](O)[C@@H]1O. The lowest BCUT2D eigenvalue weighted by Gasteiger charge is -2.40. The van der Waals surface area contributed by atoms with E-state index in [1.165, 1.54) is 38.5 Å². The van der Waals surface area contributed by atoms with E-state index in [9.17, 15) is 40.9 Å². The second-order valence-electron chi connectivity index (χ2n) is 18.8. The van der Waals surface area contributed by atoms with E-state index >= 15 is 0 Å². The minimum Gasteiger partial charge on any atom is -0.490 e. The maximum atomic E-state index is 10.4. The first-order chi connectivity index (χ1) is 30.8. The predicted molar refractivity (Wildman–Crippen MR) is 237 cm³/mol. The Hall–Kier alpha value is -3.34. The monoisotopic (exact) mass is 920 g/mol. The highest BCUT2D eigenvalue weighted by Gasteiger charge is 2.48. The van der Waals surface area contributed by atoms with Crippen LogP contribution in [-0.4, -0.2) is 115 Å². The summed E-state index contributed by atoms with van der Waals surface area (Å²) in [6, 6.07) is 26.7. The van der Waals surface area contributed by atoms with E-state index < -0.39 is 74.3 Å². The molecule has 8 N–H and O–H groups in total. The Morgan fingerprint density at radius 3 is 1.16 bits per heavy atom. The third kappa shape index (κ3) is 10.1. The summed E-state index contributed by atoms with van der Waals surface area (Å²) in [5.74, 6) is 5.33. The van der Waals surface area contributed by atoms with Crippen molar-refractivity contribution < 1.29 is 59.8 Å². The summed E-state index contributed by atoms with van der Waals surface area (Å²) in [6.45, 7) is -0.920. The van der Waals surface area contributed by atoms with Crippen molar-refractivity contribution in [2.45, 2.75) is 125 Å². The van der Waals surface area contributed by atoms with Crippen molar-refractivity contribution in [3.8, 4) is 11.5 Å². The number of aliphatic hydroxyl groups is 8. The van der Waals surface area contributed by atoms with E-state index in [2.05, 4.69) is 0 Å². The maximum Gasteiger partial charge on any atom is 0.119 e. The summed E-state index contributed by atoms with van der Waals surface area (Å²) in [5, 5.41) is 81.2. The molecule has 4 saturated carbocycles. The predicted octanol–water partition coefficient (Wildman–Crippen LogP) is 5.25. The molecule has 4 aliphatic carbocycles. The Morgan fingerprint density at radius 2 is 0.812 bits per heavy atom. The number of benzene rings is 4. The number of halogens is 2. The molecule has 4 aromatic carbocycles. The minimum atomic E-state index is -1.41. The summed E-state index contributed by atoms with van der Waals surface area (Å²) < 4.78 is 23.6. The van der Waals surface area contributed by atoms with Gasteiger partial charge in [0.2, 0.25) is 0 Å². The minimum absolute atomic E-state index is 0.342. The molecule has 6 fully saturated rings. The molecule has 0 amide bonds. The third-order valence-corrected chi connectivity index (χ3v) is 15.0. The molecule has 2 aliphatic heterocycles. The zero-order valence-corrected chi connectivity index (χ0v) is 36.9. The molecule has 2 heterocycles. The lowest BCUT2D eigenvalue weighted by atomic mass is 9.90. The van der Waals surface area contributed by atoms with Gasteiger partial charge in [-0.25, -0.2) is 0 Å². The van der Waals surface area contributed by atoms with Crippen LogP contribution in [0.4, 0.5) is 0 Å². The van der Waals surface area contributed by atoms with Gasteiger partial charge in [-0.2, -0.15) is 0 Å². The summed E-state index contributed by atoms with van der Waals surface area (Å²) in [5.41, 5.74) is 5.09. The maximum absolute atomic E-state index is 10.4. The van der Waals surface area contributed by atoms with Crippen LogP contribution < -0.4 is 9.47 Å². The highest BCUT2D eigenvalue weighted by molar-refractivity contribution is 6.31. The molecule has 2 unspecified atom stereocenters. The quantitative estimate of drug-likeness (QED) is 0.0921. The highest BCUT2D eigenvalue weighted by atomic mass is 35.5. The first-order valence-corrected chi connectivity index (χ1v) is 23.3. The largest absolute Gasteiger partial charge is 0.490 e. The Bertz CT molecular complexity index is 2030.